The Labute approximate surface area is 120 Å². The summed E-state index contributed by atoms with van der Waals surface area (Å²) in [6, 6.07) is 0.240. The molecule has 2 nitrogen and oxygen atoms in total. The Hall–Kier alpha value is -0.0800. The van der Waals surface area contributed by atoms with Gasteiger partial charge in [0.05, 0.1) is 6.10 Å². The average molecular weight is 269 g/mol. The minimum atomic E-state index is 0.240. The van der Waals surface area contributed by atoms with Gasteiger partial charge in [-0.05, 0) is 42.4 Å². The molecule has 0 aliphatic heterocycles. The highest BCUT2D eigenvalue weighted by Crippen LogP contribution is 2.41. The van der Waals surface area contributed by atoms with Gasteiger partial charge in [0.25, 0.3) is 0 Å². The first-order chi connectivity index (χ1) is 8.65. The lowest BCUT2D eigenvalue weighted by Crippen LogP contribution is -2.45. The standard InChI is InChI=1S/C17H35NO/c1-7-17(5,6)13-8-9-14(18)15(12-13)19-11-10-16(2,3)4/h13-15H,7-12,18H2,1-6H3. The molecule has 114 valence electrons. The molecule has 3 atom stereocenters. The number of hydrogen-bond acceptors (Lipinski definition) is 2. The first-order valence-corrected chi connectivity index (χ1v) is 8.03. The van der Waals surface area contributed by atoms with Crippen LogP contribution in [-0.4, -0.2) is 18.8 Å². The quantitative estimate of drug-likeness (QED) is 0.804. The molecular formula is C17H35NO. The molecule has 2 heteroatoms. The van der Waals surface area contributed by atoms with Crippen molar-refractivity contribution in [1.29, 1.82) is 0 Å². The molecule has 0 bridgehead atoms. The Bertz CT molecular complexity index is 267. The zero-order valence-corrected chi connectivity index (χ0v) is 14.0. The fourth-order valence-corrected chi connectivity index (χ4v) is 2.86. The second-order valence-corrected chi connectivity index (χ2v) is 8.24. The van der Waals surface area contributed by atoms with Crippen LogP contribution in [0, 0.1) is 16.7 Å². The second kappa shape index (κ2) is 6.58. The predicted molar refractivity (Wildman–Crippen MR) is 83.2 cm³/mol. The normalized spacial score (nSPS) is 29.5. The van der Waals surface area contributed by atoms with Crippen molar-refractivity contribution in [2.24, 2.45) is 22.5 Å². The monoisotopic (exact) mass is 269 g/mol. The minimum Gasteiger partial charge on any atom is -0.377 e. The fourth-order valence-electron chi connectivity index (χ4n) is 2.86. The zero-order valence-electron chi connectivity index (χ0n) is 14.0. The molecule has 0 amide bonds. The molecule has 1 saturated carbocycles. The smallest absolute Gasteiger partial charge is 0.0728 e. The highest BCUT2D eigenvalue weighted by atomic mass is 16.5. The molecule has 0 heterocycles. The molecule has 0 aromatic rings. The van der Waals surface area contributed by atoms with Crippen molar-refractivity contribution in [3.05, 3.63) is 0 Å². The van der Waals surface area contributed by atoms with Crippen LogP contribution in [-0.2, 0) is 4.74 Å². The predicted octanol–water partition coefficient (Wildman–Crippen LogP) is 4.37. The summed E-state index contributed by atoms with van der Waals surface area (Å²) >= 11 is 0. The average Bonchev–Trinajstić information content (AvgIpc) is 2.29. The third kappa shape index (κ3) is 5.43. The summed E-state index contributed by atoms with van der Waals surface area (Å²) in [6.07, 6.45) is 6.15. The Morgan fingerprint density at radius 1 is 1.11 bits per heavy atom. The Morgan fingerprint density at radius 2 is 1.74 bits per heavy atom. The van der Waals surface area contributed by atoms with Crippen molar-refractivity contribution >= 4 is 0 Å². The van der Waals surface area contributed by atoms with Crippen molar-refractivity contribution in [2.75, 3.05) is 6.61 Å². The first-order valence-electron chi connectivity index (χ1n) is 8.03. The fraction of sp³-hybridized carbons (Fsp3) is 1.00. The van der Waals surface area contributed by atoms with E-state index in [0.29, 0.717) is 10.8 Å². The lowest BCUT2D eigenvalue weighted by molar-refractivity contribution is -0.0297. The van der Waals surface area contributed by atoms with E-state index >= 15 is 0 Å². The lowest BCUT2D eigenvalue weighted by Gasteiger charge is -2.42. The van der Waals surface area contributed by atoms with Crippen LogP contribution in [0.2, 0.25) is 0 Å². The van der Waals surface area contributed by atoms with E-state index in [9.17, 15) is 0 Å². The molecule has 0 radical (unpaired) electrons. The first kappa shape index (κ1) is 17.0. The van der Waals surface area contributed by atoms with Gasteiger partial charge in [0, 0.05) is 12.6 Å². The van der Waals surface area contributed by atoms with E-state index in [1.54, 1.807) is 0 Å². The van der Waals surface area contributed by atoms with E-state index in [2.05, 4.69) is 41.5 Å². The van der Waals surface area contributed by atoms with Gasteiger partial charge in [0.15, 0.2) is 0 Å². The van der Waals surface area contributed by atoms with E-state index in [0.717, 1.165) is 31.8 Å². The van der Waals surface area contributed by atoms with Crippen LogP contribution in [0.5, 0.6) is 0 Å². The Balaban J connectivity index is 2.48. The molecule has 1 fully saturated rings. The largest absolute Gasteiger partial charge is 0.377 e. The number of ether oxygens (including phenoxy) is 1. The molecule has 3 unspecified atom stereocenters. The number of rotatable bonds is 5. The molecule has 1 aliphatic carbocycles. The maximum Gasteiger partial charge on any atom is 0.0728 e. The van der Waals surface area contributed by atoms with Crippen molar-refractivity contribution < 1.29 is 4.74 Å². The van der Waals surface area contributed by atoms with Crippen LogP contribution in [0.1, 0.15) is 73.6 Å². The highest BCUT2D eigenvalue weighted by Gasteiger charge is 2.36. The topological polar surface area (TPSA) is 35.2 Å². The summed E-state index contributed by atoms with van der Waals surface area (Å²) in [5.41, 5.74) is 7.02. The van der Waals surface area contributed by atoms with E-state index in [4.69, 9.17) is 10.5 Å². The number of hydrogen-bond donors (Lipinski definition) is 1. The van der Waals surface area contributed by atoms with Crippen LogP contribution in [0.4, 0.5) is 0 Å². The summed E-state index contributed by atoms with van der Waals surface area (Å²) in [7, 11) is 0. The van der Waals surface area contributed by atoms with Crippen molar-refractivity contribution in [3.8, 4) is 0 Å². The molecule has 0 aromatic carbocycles. The molecule has 0 saturated heterocycles. The van der Waals surface area contributed by atoms with E-state index in [-0.39, 0.29) is 12.1 Å². The molecular weight excluding hydrogens is 234 g/mol. The zero-order chi connectivity index (χ0) is 14.7. The van der Waals surface area contributed by atoms with Crippen molar-refractivity contribution in [1.82, 2.24) is 0 Å². The SMILES string of the molecule is CCC(C)(C)C1CCC(N)C(OCCC(C)(C)C)C1. The van der Waals surface area contributed by atoms with Crippen molar-refractivity contribution in [2.45, 2.75) is 85.8 Å². The summed E-state index contributed by atoms with van der Waals surface area (Å²) in [5, 5.41) is 0. The number of nitrogens with two attached hydrogens (primary N) is 1. The van der Waals surface area contributed by atoms with Gasteiger partial charge in [-0.3, -0.25) is 0 Å². The molecule has 0 aromatic heterocycles. The van der Waals surface area contributed by atoms with Gasteiger partial charge >= 0.3 is 0 Å². The highest BCUT2D eigenvalue weighted by molar-refractivity contribution is 4.89. The summed E-state index contributed by atoms with van der Waals surface area (Å²) in [5.74, 6) is 0.761. The minimum absolute atomic E-state index is 0.240. The molecule has 1 rings (SSSR count). The third-order valence-corrected chi connectivity index (χ3v) is 5.04. The lowest BCUT2D eigenvalue weighted by atomic mass is 9.68. The molecule has 19 heavy (non-hydrogen) atoms. The summed E-state index contributed by atoms with van der Waals surface area (Å²) in [6.45, 7) is 14.7. The Kier molecular flexibility index (Phi) is 5.88. The molecule has 2 N–H and O–H groups in total. The van der Waals surface area contributed by atoms with E-state index < -0.39 is 0 Å². The van der Waals surface area contributed by atoms with Gasteiger partial charge in [0.1, 0.15) is 0 Å². The second-order valence-electron chi connectivity index (χ2n) is 8.24. The van der Waals surface area contributed by atoms with Crippen molar-refractivity contribution in [3.63, 3.8) is 0 Å². The van der Waals surface area contributed by atoms with Crippen LogP contribution in [0.15, 0.2) is 0 Å². The summed E-state index contributed by atoms with van der Waals surface area (Å²) < 4.78 is 6.12. The van der Waals surface area contributed by atoms with E-state index in [1.807, 2.05) is 0 Å². The van der Waals surface area contributed by atoms with Crippen LogP contribution >= 0.6 is 0 Å². The van der Waals surface area contributed by atoms with Gasteiger partial charge in [-0.1, -0.05) is 48.0 Å². The van der Waals surface area contributed by atoms with Gasteiger partial charge in [-0.2, -0.15) is 0 Å². The van der Waals surface area contributed by atoms with Crippen LogP contribution in [0.3, 0.4) is 0 Å². The van der Waals surface area contributed by atoms with Gasteiger partial charge in [-0.15, -0.1) is 0 Å². The van der Waals surface area contributed by atoms with Crippen LogP contribution < -0.4 is 5.73 Å². The third-order valence-electron chi connectivity index (χ3n) is 5.04. The van der Waals surface area contributed by atoms with E-state index in [1.165, 1.54) is 12.8 Å². The van der Waals surface area contributed by atoms with Gasteiger partial charge in [-0.25, -0.2) is 0 Å². The van der Waals surface area contributed by atoms with Crippen LogP contribution in [0.25, 0.3) is 0 Å². The Morgan fingerprint density at radius 3 is 2.26 bits per heavy atom. The molecule has 1 aliphatic rings. The van der Waals surface area contributed by atoms with Gasteiger partial charge in [0.2, 0.25) is 0 Å². The van der Waals surface area contributed by atoms with Gasteiger partial charge < -0.3 is 10.5 Å². The summed E-state index contributed by atoms with van der Waals surface area (Å²) in [4.78, 5) is 0. The maximum atomic E-state index is 6.25. The maximum absolute atomic E-state index is 6.25. The molecule has 0 spiro atoms.